The number of primary amides is 2. The van der Waals surface area contributed by atoms with E-state index >= 15 is 0 Å². The second-order valence-corrected chi connectivity index (χ2v) is 7.83. The lowest BCUT2D eigenvalue weighted by Crippen LogP contribution is -2.58. The number of carbonyl (C=O) groups is 7. The van der Waals surface area contributed by atoms with Gasteiger partial charge in [0.25, 0.3) is 0 Å². The lowest BCUT2D eigenvalue weighted by molar-refractivity contribution is -0.143. The summed E-state index contributed by atoms with van der Waals surface area (Å²) in [5.41, 5.74) is 15.5. The van der Waals surface area contributed by atoms with Gasteiger partial charge in [0.05, 0.1) is 25.3 Å². The van der Waals surface area contributed by atoms with Crippen molar-refractivity contribution in [1.29, 1.82) is 0 Å². The fourth-order valence-electron chi connectivity index (χ4n) is 2.42. The maximum atomic E-state index is 12.7. The van der Waals surface area contributed by atoms with Crippen molar-refractivity contribution in [3.8, 4) is 0 Å². The van der Waals surface area contributed by atoms with Crippen LogP contribution in [0.2, 0.25) is 0 Å². The maximum absolute atomic E-state index is 12.7. The van der Waals surface area contributed by atoms with Crippen LogP contribution in [0.25, 0.3) is 0 Å². The van der Waals surface area contributed by atoms with Crippen molar-refractivity contribution in [2.75, 3.05) is 12.0 Å². The molecule has 0 aliphatic heterocycles. The molecule has 0 aromatic carbocycles. The lowest BCUT2D eigenvalue weighted by Gasteiger charge is -2.24. The van der Waals surface area contributed by atoms with Crippen LogP contribution in [-0.4, -0.2) is 87.9 Å². The van der Waals surface area contributed by atoms with E-state index in [4.69, 9.17) is 27.4 Å². The average Bonchev–Trinajstić information content (AvgIpc) is 2.68. The fourth-order valence-corrected chi connectivity index (χ4v) is 2.89. The van der Waals surface area contributed by atoms with Crippen molar-refractivity contribution in [3.05, 3.63) is 0 Å². The Labute approximate surface area is 192 Å². The van der Waals surface area contributed by atoms with E-state index in [9.17, 15) is 33.6 Å². The normalized spacial score (nSPS) is 14.1. The Balaban J connectivity index is 5.51. The highest BCUT2D eigenvalue weighted by atomic mass is 32.2. The number of carbonyl (C=O) groups excluding carboxylic acids is 5. The first-order valence-electron chi connectivity index (χ1n) is 9.45. The van der Waals surface area contributed by atoms with E-state index in [-0.39, 0.29) is 6.42 Å². The Morgan fingerprint density at radius 2 is 1.21 bits per heavy atom. The standard InChI is InChI=1S/C17H28N6O9S/c1-33-3-2-8(15(29)23-10(17(31)32)6-12(20)25)21-16(30)9(5-11(19)24)22-14(28)7(18)4-13(26)27/h7-10H,2-6,18H2,1H3,(H2,19,24)(H2,20,25)(H,21,30)(H,22,28)(H,23,29)(H,26,27)(H,31,32). The van der Waals surface area contributed by atoms with E-state index in [1.165, 1.54) is 11.8 Å². The summed E-state index contributed by atoms with van der Waals surface area (Å²) in [6, 6.07) is -6.05. The molecule has 186 valence electrons. The van der Waals surface area contributed by atoms with Crippen molar-refractivity contribution in [2.45, 2.75) is 49.9 Å². The molecule has 0 aromatic heterocycles. The van der Waals surface area contributed by atoms with Gasteiger partial charge in [-0.25, -0.2) is 4.79 Å². The van der Waals surface area contributed by atoms with Crippen LogP contribution < -0.4 is 33.2 Å². The van der Waals surface area contributed by atoms with Gasteiger partial charge in [-0.15, -0.1) is 0 Å². The Morgan fingerprint density at radius 3 is 1.67 bits per heavy atom. The number of nitrogens with two attached hydrogens (primary N) is 3. The molecule has 16 heteroatoms. The minimum Gasteiger partial charge on any atom is -0.481 e. The fraction of sp³-hybridized carbons (Fsp3) is 0.588. The van der Waals surface area contributed by atoms with Crippen molar-refractivity contribution >= 4 is 53.2 Å². The van der Waals surface area contributed by atoms with E-state index in [1.54, 1.807) is 6.26 Å². The van der Waals surface area contributed by atoms with Gasteiger partial charge in [-0.3, -0.25) is 28.8 Å². The topological polar surface area (TPSA) is 274 Å². The molecule has 0 aliphatic rings. The van der Waals surface area contributed by atoms with Crippen LogP contribution in [0.1, 0.15) is 25.7 Å². The predicted molar refractivity (Wildman–Crippen MR) is 114 cm³/mol. The zero-order chi connectivity index (χ0) is 25.7. The highest BCUT2D eigenvalue weighted by Gasteiger charge is 2.31. The van der Waals surface area contributed by atoms with Crippen LogP contribution in [0.3, 0.4) is 0 Å². The Hall–Kier alpha value is -3.40. The summed E-state index contributed by atoms with van der Waals surface area (Å²) in [5, 5.41) is 24.4. The molecule has 0 heterocycles. The minimum absolute atomic E-state index is 0.0252. The highest BCUT2D eigenvalue weighted by molar-refractivity contribution is 7.98. The van der Waals surface area contributed by atoms with Gasteiger partial charge in [0.2, 0.25) is 29.5 Å². The molecule has 0 aliphatic carbocycles. The molecule has 11 N–H and O–H groups in total. The van der Waals surface area contributed by atoms with E-state index in [1.807, 2.05) is 0 Å². The summed E-state index contributed by atoms with van der Waals surface area (Å²) in [5.74, 6) is -7.52. The Bertz CT molecular complexity index is 778. The third-order valence-electron chi connectivity index (χ3n) is 4.03. The maximum Gasteiger partial charge on any atom is 0.326 e. The van der Waals surface area contributed by atoms with Crippen molar-refractivity contribution in [3.63, 3.8) is 0 Å². The number of hydrogen-bond acceptors (Lipinski definition) is 9. The molecule has 0 fully saturated rings. The lowest BCUT2D eigenvalue weighted by atomic mass is 10.1. The molecule has 5 amide bonds. The first kappa shape index (κ1) is 29.6. The van der Waals surface area contributed by atoms with Gasteiger partial charge in [-0.2, -0.15) is 11.8 Å². The van der Waals surface area contributed by atoms with E-state index < -0.39 is 84.9 Å². The SMILES string of the molecule is CSCCC(NC(=O)C(CC(N)=O)NC(=O)C(N)CC(=O)O)C(=O)NC(CC(N)=O)C(=O)O. The molecular formula is C17H28N6O9S. The molecular weight excluding hydrogens is 464 g/mol. The van der Waals surface area contributed by atoms with Gasteiger partial charge in [0.1, 0.15) is 18.1 Å². The molecule has 33 heavy (non-hydrogen) atoms. The van der Waals surface area contributed by atoms with Crippen LogP contribution in [0.15, 0.2) is 0 Å². The van der Waals surface area contributed by atoms with Crippen molar-refractivity contribution in [1.82, 2.24) is 16.0 Å². The predicted octanol–water partition coefficient (Wildman–Crippen LogP) is -4.17. The van der Waals surface area contributed by atoms with Crippen LogP contribution in [0.5, 0.6) is 0 Å². The monoisotopic (exact) mass is 492 g/mol. The van der Waals surface area contributed by atoms with Gasteiger partial charge in [0.15, 0.2) is 0 Å². The Kier molecular flexibility index (Phi) is 13.1. The Morgan fingerprint density at radius 1 is 0.758 bits per heavy atom. The summed E-state index contributed by atoms with van der Waals surface area (Å²) in [4.78, 5) is 81.6. The van der Waals surface area contributed by atoms with Crippen LogP contribution in [0, 0.1) is 0 Å². The van der Waals surface area contributed by atoms with Gasteiger partial charge in [-0.1, -0.05) is 0 Å². The number of carboxylic acids is 2. The molecule has 0 aromatic rings. The number of rotatable bonds is 16. The second kappa shape index (κ2) is 14.6. The molecule has 0 saturated heterocycles. The smallest absolute Gasteiger partial charge is 0.326 e. The van der Waals surface area contributed by atoms with E-state index in [0.29, 0.717) is 5.75 Å². The summed E-state index contributed by atoms with van der Waals surface area (Å²) in [6.45, 7) is 0. The van der Waals surface area contributed by atoms with Crippen LogP contribution in [-0.2, 0) is 33.6 Å². The van der Waals surface area contributed by atoms with Crippen molar-refractivity contribution < 1.29 is 43.8 Å². The van der Waals surface area contributed by atoms with Gasteiger partial charge >= 0.3 is 11.9 Å². The van der Waals surface area contributed by atoms with Gasteiger partial charge < -0.3 is 43.4 Å². The molecule has 4 atom stereocenters. The third-order valence-corrected chi connectivity index (χ3v) is 4.68. The number of amides is 5. The first-order chi connectivity index (χ1) is 15.3. The van der Waals surface area contributed by atoms with E-state index in [2.05, 4.69) is 16.0 Å². The quantitative estimate of drug-likeness (QED) is 0.102. The number of hydrogen-bond donors (Lipinski definition) is 8. The largest absolute Gasteiger partial charge is 0.481 e. The number of nitrogens with one attached hydrogen (secondary N) is 3. The van der Waals surface area contributed by atoms with Crippen LogP contribution >= 0.6 is 11.8 Å². The average molecular weight is 493 g/mol. The molecule has 0 saturated carbocycles. The van der Waals surface area contributed by atoms with Gasteiger partial charge in [0, 0.05) is 0 Å². The first-order valence-corrected chi connectivity index (χ1v) is 10.8. The van der Waals surface area contributed by atoms with E-state index in [0.717, 1.165) is 0 Å². The number of aliphatic carboxylic acids is 2. The zero-order valence-electron chi connectivity index (χ0n) is 17.7. The zero-order valence-corrected chi connectivity index (χ0v) is 18.6. The summed E-state index contributed by atoms with van der Waals surface area (Å²) < 4.78 is 0. The molecule has 0 rings (SSSR count). The van der Waals surface area contributed by atoms with Crippen molar-refractivity contribution in [2.24, 2.45) is 17.2 Å². The minimum atomic E-state index is -1.64. The molecule has 0 bridgehead atoms. The summed E-state index contributed by atoms with van der Waals surface area (Å²) in [6.07, 6.45) is -0.382. The molecule has 0 spiro atoms. The number of carboxylic acid groups (broad SMARTS) is 2. The molecule has 15 nitrogen and oxygen atoms in total. The summed E-state index contributed by atoms with van der Waals surface area (Å²) in [7, 11) is 0. The van der Waals surface area contributed by atoms with Gasteiger partial charge in [-0.05, 0) is 18.4 Å². The number of thioether (sulfide) groups is 1. The molecule has 4 unspecified atom stereocenters. The second-order valence-electron chi connectivity index (χ2n) is 6.85. The third kappa shape index (κ3) is 12.3. The summed E-state index contributed by atoms with van der Waals surface area (Å²) >= 11 is 1.31. The highest BCUT2D eigenvalue weighted by Crippen LogP contribution is 2.05. The molecule has 0 radical (unpaired) electrons. The van der Waals surface area contributed by atoms with Crippen LogP contribution in [0.4, 0.5) is 0 Å².